The molecule has 0 spiro atoms. The number of rotatable bonds is 5. The van der Waals surface area contributed by atoms with Gasteiger partial charge in [0.25, 0.3) is 11.6 Å². The Balaban J connectivity index is 2.12. The van der Waals surface area contributed by atoms with Crippen molar-refractivity contribution in [1.82, 2.24) is 0 Å². The number of nitro groups is 1. The molecule has 0 fully saturated rings. The third kappa shape index (κ3) is 4.02. The summed E-state index contributed by atoms with van der Waals surface area (Å²) in [5, 5.41) is 23.6. The molecule has 0 aliphatic rings. The number of aliphatic hydroxyl groups excluding tert-OH is 1. The number of aryl methyl sites for hydroxylation is 1. The number of nitro benzene ring substituents is 1. The van der Waals surface area contributed by atoms with Crippen LogP contribution in [0.2, 0.25) is 0 Å². The molecule has 2 rings (SSSR count). The van der Waals surface area contributed by atoms with E-state index in [0.29, 0.717) is 5.69 Å². The van der Waals surface area contributed by atoms with Crippen LogP contribution in [0.4, 0.5) is 11.4 Å². The van der Waals surface area contributed by atoms with E-state index in [9.17, 15) is 20.0 Å². The summed E-state index contributed by atoms with van der Waals surface area (Å²) < 4.78 is 0. The highest BCUT2D eigenvalue weighted by Gasteiger charge is 2.20. The molecule has 0 bridgehead atoms. The van der Waals surface area contributed by atoms with Gasteiger partial charge in [-0.2, -0.15) is 0 Å². The molecule has 0 radical (unpaired) electrons. The van der Waals surface area contributed by atoms with Gasteiger partial charge in [-0.15, -0.1) is 0 Å². The van der Waals surface area contributed by atoms with Gasteiger partial charge >= 0.3 is 0 Å². The first-order valence-electron chi connectivity index (χ1n) is 6.87. The zero-order valence-corrected chi connectivity index (χ0v) is 12.5. The molecule has 0 aromatic heterocycles. The predicted octanol–water partition coefficient (Wildman–Crippen LogP) is 3.13. The third-order valence-electron chi connectivity index (χ3n) is 3.33. The Hall–Kier alpha value is -2.99. The van der Waals surface area contributed by atoms with Crippen molar-refractivity contribution in [3.63, 3.8) is 0 Å². The molecule has 0 heterocycles. The Bertz CT molecular complexity index is 753. The summed E-state index contributed by atoms with van der Waals surface area (Å²) in [7, 11) is 0. The molecule has 6 heteroatoms. The number of carbonyl (C=O) groups is 1. The second-order valence-corrected chi connectivity index (χ2v) is 5.10. The van der Waals surface area contributed by atoms with Gasteiger partial charge in [0.05, 0.1) is 4.92 Å². The number of nitrogens with one attached hydrogen (secondary N) is 1. The average molecular weight is 312 g/mol. The van der Waals surface area contributed by atoms with Gasteiger partial charge in [0.15, 0.2) is 0 Å². The first kappa shape index (κ1) is 16.4. The van der Waals surface area contributed by atoms with Crippen LogP contribution < -0.4 is 5.32 Å². The first-order chi connectivity index (χ1) is 10.9. The van der Waals surface area contributed by atoms with Crippen LogP contribution in [-0.4, -0.2) is 15.9 Å². The summed E-state index contributed by atoms with van der Waals surface area (Å²) in [5.74, 6) is -0.548. The van der Waals surface area contributed by atoms with Crippen molar-refractivity contribution in [2.24, 2.45) is 0 Å². The van der Waals surface area contributed by atoms with Crippen LogP contribution in [0, 0.1) is 17.0 Å². The molecule has 1 atom stereocenters. The quantitative estimate of drug-likeness (QED) is 0.504. The highest BCUT2D eigenvalue weighted by Crippen LogP contribution is 2.25. The van der Waals surface area contributed by atoms with Gasteiger partial charge in [0, 0.05) is 23.4 Å². The number of carbonyl (C=O) groups excluding carboxylic acids is 1. The fraction of sp³-hybridized carbons (Fsp3) is 0.118. The fourth-order valence-electron chi connectivity index (χ4n) is 1.98. The van der Waals surface area contributed by atoms with E-state index in [1.54, 1.807) is 12.1 Å². The fourth-order valence-corrected chi connectivity index (χ4v) is 1.98. The molecule has 0 saturated heterocycles. The van der Waals surface area contributed by atoms with Crippen molar-refractivity contribution in [2.45, 2.75) is 13.0 Å². The molecule has 118 valence electrons. The molecule has 0 saturated carbocycles. The van der Waals surface area contributed by atoms with Crippen LogP contribution in [0.25, 0.3) is 0 Å². The minimum Gasteiger partial charge on any atom is -0.383 e. The molecule has 1 amide bonds. The topological polar surface area (TPSA) is 92.5 Å². The summed E-state index contributed by atoms with van der Waals surface area (Å²) in [6, 6.07) is 12.6. The van der Waals surface area contributed by atoms with Crippen molar-refractivity contribution in [3.8, 4) is 0 Å². The maximum atomic E-state index is 12.1. The lowest BCUT2D eigenvalue weighted by Gasteiger charge is -2.14. The van der Waals surface area contributed by atoms with E-state index in [0.717, 1.165) is 5.56 Å². The predicted molar refractivity (Wildman–Crippen MR) is 87.0 cm³/mol. The lowest BCUT2D eigenvalue weighted by molar-refractivity contribution is -0.385. The van der Waals surface area contributed by atoms with Crippen LogP contribution in [0.3, 0.4) is 0 Å². The summed E-state index contributed by atoms with van der Waals surface area (Å²) in [6.07, 6.45) is -1.32. The molecule has 0 aliphatic heterocycles. The van der Waals surface area contributed by atoms with E-state index in [1.165, 1.54) is 24.3 Å². The number of hydrogen-bond donors (Lipinski definition) is 2. The SMILES string of the molecule is C=C(C(=O)Nc1ccc(C)cc1)C(O)c1cccc([N+](=O)[O-])c1. The largest absolute Gasteiger partial charge is 0.383 e. The van der Waals surface area contributed by atoms with Crippen LogP contribution in [0.5, 0.6) is 0 Å². The van der Waals surface area contributed by atoms with E-state index in [2.05, 4.69) is 11.9 Å². The minimum atomic E-state index is -1.32. The third-order valence-corrected chi connectivity index (χ3v) is 3.33. The molecular formula is C17H16N2O4. The van der Waals surface area contributed by atoms with E-state index in [4.69, 9.17) is 0 Å². The number of amides is 1. The van der Waals surface area contributed by atoms with Gasteiger partial charge in [0.2, 0.25) is 0 Å². The lowest BCUT2D eigenvalue weighted by Crippen LogP contribution is -2.18. The van der Waals surface area contributed by atoms with Crippen LogP contribution in [-0.2, 0) is 4.79 Å². The van der Waals surface area contributed by atoms with E-state index in [1.807, 2.05) is 19.1 Å². The van der Waals surface area contributed by atoms with Gasteiger partial charge in [-0.1, -0.05) is 36.4 Å². The van der Waals surface area contributed by atoms with Crippen molar-refractivity contribution >= 4 is 17.3 Å². The van der Waals surface area contributed by atoms with Crippen molar-refractivity contribution in [3.05, 3.63) is 81.9 Å². The zero-order chi connectivity index (χ0) is 17.0. The Morgan fingerprint density at radius 2 is 1.91 bits per heavy atom. The normalized spacial score (nSPS) is 11.6. The van der Waals surface area contributed by atoms with Crippen molar-refractivity contribution in [2.75, 3.05) is 5.32 Å². The van der Waals surface area contributed by atoms with Crippen molar-refractivity contribution < 1.29 is 14.8 Å². The highest BCUT2D eigenvalue weighted by atomic mass is 16.6. The lowest BCUT2D eigenvalue weighted by atomic mass is 10.0. The molecule has 2 aromatic carbocycles. The monoisotopic (exact) mass is 312 g/mol. The van der Waals surface area contributed by atoms with Crippen LogP contribution in [0.15, 0.2) is 60.7 Å². The number of hydrogen-bond acceptors (Lipinski definition) is 4. The maximum Gasteiger partial charge on any atom is 0.269 e. The van der Waals surface area contributed by atoms with Gasteiger partial charge in [-0.25, -0.2) is 0 Å². The second kappa shape index (κ2) is 6.85. The Morgan fingerprint density at radius 1 is 1.26 bits per heavy atom. The number of benzene rings is 2. The highest BCUT2D eigenvalue weighted by molar-refractivity contribution is 6.04. The van der Waals surface area contributed by atoms with E-state index < -0.39 is 16.9 Å². The van der Waals surface area contributed by atoms with Crippen LogP contribution >= 0.6 is 0 Å². The Morgan fingerprint density at radius 3 is 2.52 bits per heavy atom. The van der Waals surface area contributed by atoms with Gasteiger partial charge in [-0.05, 0) is 24.6 Å². The summed E-state index contributed by atoms with van der Waals surface area (Å²) in [5.41, 5.74) is 1.62. The number of anilines is 1. The van der Waals surface area contributed by atoms with E-state index in [-0.39, 0.29) is 16.8 Å². The Kier molecular flexibility index (Phi) is 4.88. The number of nitrogens with zero attached hydrogens (tertiary/aromatic N) is 1. The first-order valence-corrected chi connectivity index (χ1v) is 6.87. The molecule has 2 aromatic rings. The molecule has 1 unspecified atom stereocenters. The molecule has 2 N–H and O–H groups in total. The molecule has 0 aliphatic carbocycles. The molecular weight excluding hydrogens is 296 g/mol. The maximum absolute atomic E-state index is 12.1. The van der Waals surface area contributed by atoms with Gasteiger partial charge in [0.1, 0.15) is 6.10 Å². The number of non-ortho nitro benzene ring substituents is 1. The molecule has 6 nitrogen and oxygen atoms in total. The zero-order valence-electron chi connectivity index (χ0n) is 12.5. The van der Waals surface area contributed by atoms with Crippen LogP contribution in [0.1, 0.15) is 17.2 Å². The standard InChI is InChI=1S/C17H16N2O4/c1-11-6-8-14(9-7-11)18-17(21)12(2)16(20)13-4-3-5-15(10-13)19(22)23/h3-10,16,20H,2H2,1H3,(H,18,21). The number of aliphatic hydroxyl groups is 1. The molecule has 23 heavy (non-hydrogen) atoms. The second-order valence-electron chi connectivity index (χ2n) is 5.10. The average Bonchev–Trinajstić information content (AvgIpc) is 2.55. The van der Waals surface area contributed by atoms with Gasteiger partial charge < -0.3 is 10.4 Å². The van der Waals surface area contributed by atoms with E-state index >= 15 is 0 Å². The Labute approximate surface area is 133 Å². The van der Waals surface area contributed by atoms with Crippen molar-refractivity contribution in [1.29, 1.82) is 0 Å². The summed E-state index contributed by atoms with van der Waals surface area (Å²) in [4.78, 5) is 22.3. The smallest absolute Gasteiger partial charge is 0.269 e. The summed E-state index contributed by atoms with van der Waals surface area (Å²) in [6.45, 7) is 5.51. The van der Waals surface area contributed by atoms with Gasteiger partial charge in [-0.3, -0.25) is 14.9 Å². The minimum absolute atomic E-state index is 0.0916. The summed E-state index contributed by atoms with van der Waals surface area (Å²) >= 11 is 0.